The van der Waals surface area contributed by atoms with Crippen LogP contribution in [0.4, 0.5) is 5.95 Å². The van der Waals surface area contributed by atoms with Gasteiger partial charge in [-0.3, -0.25) is 4.98 Å². The first-order chi connectivity index (χ1) is 11.7. The van der Waals surface area contributed by atoms with Crippen LogP contribution in [-0.2, 0) is 0 Å². The van der Waals surface area contributed by atoms with E-state index in [4.69, 9.17) is 10.5 Å². The van der Waals surface area contributed by atoms with Crippen LogP contribution in [0.5, 0.6) is 5.75 Å². The van der Waals surface area contributed by atoms with E-state index >= 15 is 0 Å². The van der Waals surface area contributed by atoms with E-state index in [1.165, 1.54) is 0 Å². The van der Waals surface area contributed by atoms with Crippen LogP contribution in [0, 0.1) is 0 Å². The number of anilines is 1. The molecule has 0 spiro atoms. The highest BCUT2D eigenvalue weighted by Gasteiger charge is 2.13. The standard InChI is InChI=1S/C17H14N6O/c1-24-13-6-4-11(5-7-13)15-9-14(12-3-2-8-19-10-12)20-17-21-16(18)22-23(15)17/h2-10H,1H3,(H2,18,22). The Morgan fingerprint density at radius 2 is 1.88 bits per heavy atom. The number of hydrogen-bond donors (Lipinski definition) is 1. The molecule has 3 heterocycles. The van der Waals surface area contributed by atoms with Crippen molar-refractivity contribution < 1.29 is 4.74 Å². The van der Waals surface area contributed by atoms with Crippen molar-refractivity contribution in [3.05, 3.63) is 54.9 Å². The summed E-state index contributed by atoms with van der Waals surface area (Å²) in [5.74, 6) is 1.41. The lowest BCUT2D eigenvalue weighted by molar-refractivity contribution is 0.415. The van der Waals surface area contributed by atoms with Crippen LogP contribution in [0.3, 0.4) is 0 Å². The van der Waals surface area contributed by atoms with E-state index in [0.29, 0.717) is 5.78 Å². The number of rotatable bonds is 3. The SMILES string of the molecule is COc1ccc(-c2cc(-c3cccnc3)nc3nc(N)nn23)cc1. The van der Waals surface area contributed by atoms with Gasteiger partial charge in [0.2, 0.25) is 5.95 Å². The van der Waals surface area contributed by atoms with Gasteiger partial charge in [-0.15, -0.1) is 5.10 Å². The molecule has 0 radical (unpaired) electrons. The molecule has 0 saturated carbocycles. The summed E-state index contributed by atoms with van der Waals surface area (Å²) >= 11 is 0. The molecule has 0 bridgehead atoms. The van der Waals surface area contributed by atoms with E-state index in [9.17, 15) is 0 Å². The first kappa shape index (κ1) is 14.1. The van der Waals surface area contributed by atoms with Gasteiger partial charge in [0.25, 0.3) is 5.78 Å². The summed E-state index contributed by atoms with van der Waals surface area (Å²) in [6, 6.07) is 13.5. The maximum absolute atomic E-state index is 5.76. The van der Waals surface area contributed by atoms with E-state index in [-0.39, 0.29) is 5.95 Å². The fourth-order valence-electron chi connectivity index (χ4n) is 2.51. The highest BCUT2D eigenvalue weighted by molar-refractivity contribution is 5.70. The van der Waals surface area contributed by atoms with Crippen molar-refractivity contribution in [2.45, 2.75) is 0 Å². The lowest BCUT2D eigenvalue weighted by Gasteiger charge is -2.08. The number of aromatic nitrogens is 5. The van der Waals surface area contributed by atoms with Crippen LogP contribution in [0.2, 0.25) is 0 Å². The van der Waals surface area contributed by atoms with Gasteiger partial charge in [-0.2, -0.15) is 9.50 Å². The molecule has 0 aliphatic carbocycles. The van der Waals surface area contributed by atoms with Gasteiger partial charge < -0.3 is 10.5 Å². The van der Waals surface area contributed by atoms with E-state index < -0.39 is 0 Å². The summed E-state index contributed by atoms with van der Waals surface area (Å²) in [7, 11) is 1.64. The van der Waals surface area contributed by atoms with Gasteiger partial charge in [-0.25, -0.2) is 4.98 Å². The minimum Gasteiger partial charge on any atom is -0.497 e. The predicted octanol–water partition coefficient (Wildman–Crippen LogP) is 2.44. The van der Waals surface area contributed by atoms with Gasteiger partial charge >= 0.3 is 0 Å². The molecule has 0 unspecified atom stereocenters. The van der Waals surface area contributed by atoms with E-state index in [1.807, 2.05) is 42.5 Å². The Kier molecular flexibility index (Phi) is 3.31. The third-order valence-corrected chi connectivity index (χ3v) is 3.67. The van der Waals surface area contributed by atoms with Crippen molar-refractivity contribution in [2.24, 2.45) is 0 Å². The Balaban J connectivity index is 1.95. The highest BCUT2D eigenvalue weighted by atomic mass is 16.5. The Morgan fingerprint density at radius 3 is 2.58 bits per heavy atom. The number of methoxy groups -OCH3 is 1. The molecule has 0 aliphatic heterocycles. The molecule has 0 fully saturated rings. The first-order valence-corrected chi connectivity index (χ1v) is 7.33. The molecule has 4 rings (SSSR count). The Hall–Kier alpha value is -3.48. The van der Waals surface area contributed by atoms with Crippen LogP contribution in [0.15, 0.2) is 54.9 Å². The molecule has 24 heavy (non-hydrogen) atoms. The summed E-state index contributed by atoms with van der Waals surface area (Å²) in [6.07, 6.45) is 3.48. The molecular weight excluding hydrogens is 304 g/mol. The molecule has 7 heteroatoms. The van der Waals surface area contributed by atoms with Gasteiger partial charge in [-0.05, 0) is 42.5 Å². The normalized spacial score (nSPS) is 10.9. The largest absolute Gasteiger partial charge is 0.497 e. The predicted molar refractivity (Wildman–Crippen MR) is 90.4 cm³/mol. The summed E-state index contributed by atoms with van der Waals surface area (Å²) < 4.78 is 6.85. The van der Waals surface area contributed by atoms with Crippen LogP contribution in [-0.4, -0.2) is 31.7 Å². The van der Waals surface area contributed by atoms with Crippen molar-refractivity contribution in [1.29, 1.82) is 0 Å². The lowest BCUT2D eigenvalue weighted by atomic mass is 10.1. The third kappa shape index (κ3) is 2.41. The number of ether oxygens (including phenoxy) is 1. The Labute approximate surface area is 137 Å². The zero-order valence-corrected chi connectivity index (χ0v) is 12.9. The molecule has 0 atom stereocenters. The quantitative estimate of drug-likeness (QED) is 0.624. The van der Waals surface area contributed by atoms with Gasteiger partial charge in [0.1, 0.15) is 5.75 Å². The van der Waals surface area contributed by atoms with Crippen molar-refractivity contribution in [2.75, 3.05) is 12.8 Å². The molecule has 4 aromatic rings. The molecule has 7 nitrogen and oxygen atoms in total. The van der Waals surface area contributed by atoms with Crippen LogP contribution in [0.1, 0.15) is 0 Å². The molecular formula is C17H14N6O. The van der Waals surface area contributed by atoms with Gasteiger partial charge in [-0.1, -0.05) is 0 Å². The minimum absolute atomic E-state index is 0.181. The Morgan fingerprint density at radius 1 is 1.04 bits per heavy atom. The second kappa shape index (κ2) is 5.62. The van der Waals surface area contributed by atoms with Crippen molar-refractivity contribution >= 4 is 11.7 Å². The number of benzene rings is 1. The minimum atomic E-state index is 0.181. The zero-order chi connectivity index (χ0) is 16.5. The lowest BCUT2D eigenvalue weighted by Crippen LogP contribution is -1.99. The molecule has 0 saturated heterocycles. The molecule has 3 aromatic heterocycles. The summed E-state index contributed by atoms with van der Waals surface area (Å²) in [4.78, 5) is 12.9. The van der Waals surface area contributed by atoms with Crippen LogP contribution >= 0.6 is 0 Å². The van der Waals surface area contributed by atoms with Gasteiger partial charge in [0, 0.05) is 23.5 Å². The van der Waals surface area contributed by atoms with E-state index in [0.717, 1.165) is 28.3 Å². The van der Waals surface area contributed by atoms with E-state index in [2.05, 4.69) is 20.1 Å². The second-order valence-corrected chi connectivity index (χ2v) is 5.18. The Bertz CT molecular complexity index is 995. The topological polar surface area (TPSA) is 91.2 Å². The molecule has 118 valence electrons. The van der Waals surface area contributed by atoms with Gasteiger partial charge in [0.05, 0.1) is 18.5 Å². The summed E-state index contributed by atoms with van der Waals surface area (Å²) in [5.41, 5.74) is 9.21. The average Bonchev–Trinajstić information content (AvgIpc) is 3.02. The molecule has 0 amide bonds. The zero-order valence-electron chi connectivity index (χ0n) is 12.9. The maximum atomic E-state index is 5.76. The fraction of sp³-hybridized carbons (Fsp3) is 0.0588. The maximum Gasteiger partial charge on any atom is 0.255 e. The van der Waals surface area contributed by atoms with E-state index in [1.54, 1.807) is 24.0 Å². The van der Waals surface area contributed by atoms with Crippen molar-refractivity contribution in [3.63, 3.8) is 0 Å². The number of nitrogens with zero attached hydrogens (tertiary/aromatic N) is 5. The fourth-order valence-corrected chi connectivity index (χ4v) is 2.51. The first-order valence-electron chi connectivity index (χ1n) is 7.33. The second-order valence-electron chi connectivity index (χ2n) is 5.18. The molecule has 1 aromatic carbocycles. The van der Waals surface area contributed by atoms with Gasteiger partial charge in [0.15, 0.2) is 0 Å². The third-order valence-electron chi connectivity index (χ3n) is 3.67. The van der Waals surface area contributed by atoms with Crippen LogP contribution in [0.25, 0.3) is 28.3 Å². The number of hydrogen-bond acceptors (Lipinski definition) is 6. The number of nitrogens with two attached hydrogens (primary N) is 1. The highest BCUT2D eigenvalue weighted by Crippen LogP contribution is 2.27. The monoisotopic (exact) mass is 318 g/mol. The average molecular weight is 318 g/mol. The van der Waals surface area contributed by atoms with Crippen LogP contribution < -0.4 is 10.5 Å². The summed E-state index contributed by atoms with van der Waals surface area (Å²) in [6.45, 7) is 0. The smallest absolute Gasteiger partial charge is 0.255 e. The number of nitrogen functional groups attached to an aromatic ring is 1. The number of pyridine rings is 1. The summed E-state index contributed by atoms with van der Waals surface area (Å²) in [5, 5.41) is 4.24. The molecule has 0 aliphatic rings. The molecule has 2 N–H and O–H groups in total. The van der Waals surface area contributed by atoms with Crippen molar-refractivity contribution in [1.82, 2.24) is 24.6 Å². The van der Waals surface area contributed by atoms with Crippen molar-refractivity contribution in [3.8, 4) is 28.3 Å². The number of fused-ring (bicyclic) bond motifs is 1.